The van der Waals surface area contributed by atoms with Crippen molar-refractivity contribution < 1.29 is 13.9 Å². The van der Waals surface area contributed by atoms with E-state index in [2.05, 4.69) is 0 Å². The first-order chi connectivity index (χ1) is 11.7. The summed E-state index contributed by atoms with van der Waals surface area (Å²) < 4.78 is 19.5. The van der Waals surface area contributed by atoms with Gasteiger partial charge in [-0.1, -0.05) is 55.0 Å². The first-order valence-electron chi connectivity index (χ1n) is 8.42. The molecule has 0 radical (unpaired) electrons. The predicted molar refractivity (Wildman–Crippen MR) is 90.8 cm³/mol. The van der Waals surface area contributed by atoms with E-state index in [1.807, 2.05) is 47.4 Å². The maximum Gasteiger partial charge on any atom is 0.320 e. The van der Waals surface area contributed by atoms with Gasteiger partial charge in [-0.05, 0) is 31.0 Å². The Bertz CT molecular complexity index is 674. The SMILES string of the molecule is O=C(CN1CCCC[C@@H]1c1ccccc1F)OCc1ccccc1. The van der Waals surface area contributed by atoms with Gasteiger partial charge in [0.15, 0.2) is 0 Å². The third-order valence-corrected chi connectivity index (χ3v) is 4.45. The van der Waals surface area contributed by atoms with Gasteiger partial charge in [-0.3, -0.25) is 9.69 Å². The lowest BCUT2D eigenvalue weighted by atomic mass is 9.95. The molecule has 1 atom stereocenters. The zero-order valence-electron chi connectivity index (χ0n) is 13.7. The van der Waals surface area contributed by atoms with Crippen LogP contribution in [0.1, 0.15) is 36.4 Å². The molecule has 0 saturated carbocycles. The summed E-state index contributed by atoms with van der Waals surface area (Å²) in [4.78, 5) is 14.2. The zero-order chi connectivity index (χ0) is 16.8. The Balaban J connectivity index is 1.61. The minimum atomic E-state index is -0.262. The van der Waals surface area contributed by atoms with E-state index in [0.717, 1.165) is 31.4 Å². The van der Waals surface area contributed by atoms with Crippen molar-refractivity contribution in [3.8, 4) is 0 Å². The average molecular weight is 327 g/mol. The first-order valence-corrected chi connectivity index (χ1v) is 8.42. The summed E-state index contributed by atoms with van der Waals surface area (Å²) in [6, 6.07) is 16.4. The van der Waals surface area contributed by atoms with Crippen molar-refractivity contribution in [3.05, 3.63) is 71.5 Å². The van der Waals surface area contributed by atoms with Gasteiger partial charge in [0.25, 0.3) is 0 Å². The lowest BCUT2D eigenvalue weighted by Crippen LogP contribution is -2.38. The van der Waals surface area contributed by atoms with Gasteiger partial charge in [0, 0.05) is 11.6 Å². The molecule has 0 aromatic heterocycles. The molecular formula is C20H22FNO2. The molecule has 4 heteroatoms. The zero-order valence-corrected chi connectivity index (χ0v) is 13.7. The quantitative estimate of drug-likeness (QED) is 0.775. The lowest BCUT2D eigenvalue weighted by Gasteiger charge is -2.35. The Morgan fingerprint density at radius 3 is 2.62 bits per heavy atom. The van der Waals surface area contributed by atoms with Crippen LogP contribution >= 0.6 is 0 Å². The molecule has 2 aromatic rings. The predicted octanol–water partition coefficient (Wildman–Crippen LogP) is 4.10. The summed E-state index contributed by atoms with van der Waals surface area (Å²) in [5.41, 5.74) is 1.64. The minimum absolute atomic E-state index is 0.0516. The normalized spacial score (nSPS) is 18.3. The molecule has 0 amide bonds. The Morgan fingerprint density at radius 2 is 1.83 bits per heavy atom. The number of benzene rings is 2. The van der Waals surface area contributed by atoms with Crippen LogP contribution in [0, 0.1) is 5.82 Å². The molecule has 1 aliphatic rings. The van der Waals surface area contributed by atoms with Gasteiger partial charge in [-0.15, -0.1) is 0 Å². The van der Waals surface area contributed by atoms with Crippen LogP contribution < -0.4 is 0 Å². The summed E-state index contributed by atoms with van der Waals surface area (Å²) in [6.45, 7) is 1.27. The number of esters is 1. The van der Waals surface area contributed by atoms with Crippen molar-refractivity contribution in [3.63, 3.8) is 0 Å². The van der Waals surface area contributed by atoms with Crippen molar-refractivity contribution >= 4 is 5.97 Å². The van der Waals surface area contributed by atoms with Gasteiger partial charge in [0.1, 0.15) is 12.4 Å². The molecule has 0 bridgehead atoms. The van der Waals surface area contributed by atoms with E-state index in [4.69, 9.17) is 4.74 Å². The number of carbonyl (C=O) groups is 1. The van der Waals surface area contributed by atoms with E-state index in [0.29, 0.717) is 5.56 Å². The summed E-state index contributed by atoms with van der Waals surface area (Å²) in [5.74, 6) is -0.464. The average Bonchev–Trinajstić information content (AvgIpc) is 2.62. The van der Waals surface area contributed by atoms with Gasteiger partial charge >= 0.3 is 5.97 Å². The highest BCUT2D eigenvalue weighted by Crippen LogP contribution is 2.32. The molecule has 0 aliphatic carbocycles. The fourth-order valence-corrected chi connectivity index (χ4v) is 3.23. The third-order valence-electron chi connectivity index (χ3n) is 4.45. The van der Waals surface area contributed by atoms with Gasteiger partial charge in [-0.2, -0.15) is 0 Å². The van der Waals surface area contributed by atoms with Crippen LogP contribution in [0.2, 0.25) is 0 Å². The topological polar surface area (TPSA) is 29.5 Å². The highest BCUT2D eigenvalue weighted by Gasteiger charge is 2.27. The second-order valence-electron chi connectivity index (χ2n) is 6.15. The Morgan fingerprint density at radius 1 is 1.08 bits per heavy atom. The maximum absolute atomic E-state index is 14.1. The minimum Gasteiger partial charge on any atom is -0.460 e. The lowest BCUT2D eigenvalue weighted by molar-refractivity contribution is -0.147. The van der Waals surface area contributed by atoms with Crippen LogP contribution in [0.25, 0.3) is 0 Å². The maximum atomic E-state index is 14.1. The van der Waals surface area contributed by atoms with Crippen LogP contribution in [0.4, 0.5) is 4.39 Å². The van der Waals surface area contributed by atoms with Crippen molar-refractivity contribution in [1.29, 1.82) is 0 Å². The largest absolute Gasteiger partial charge is 0.460 e. The summed E-state index contributed by atoms with van der Waals surface area (Å²) >= 11 is 0. The van der Waals surface area contributed by atoms with Crippen molar-refractivity contribution in [2.75, 3.05) is 13.1 Å². The number of nitrogens with zero attached hydrogens (tertiary/aromatic N) is 1. The second kappa shape index (κ2) is 8.06. The Labute approximate surface area is 142 Å². The van der Waals surface area contributed by atoms with Gasteiger partial charge in [-0.25, -0.2) is 4.39 Å². The molecule has 0 N–H and O–H groups in total. The molecule has 3 rings (SSSR count). The van der Waals surface area contributed by atoms with Crippen LogP contribution in [0.5, 0.6) is 0 Å². The molecular weight excluding hydrogens is 305 g/mol. The van der Waals surface area contributed by atoms with Gasteiger partial charge < -0.3 is 4.74 Å². The van der Waals surface area contributed by atoms with E-state index in [9.17, 15) is 9.18 Å². The van der Waals surface area contributed by atoms with E-state index >= 15 is 0 Å². The molecule has 0 unspecified atom stereocenters. The number of piperidine rings is 1. The molecule has 1 saturated heterocycles. The molecule has 126 valence electrons. The number of likely N-dealkylation sites (tertiary alicyclic amines) is 1. The van der Waals surface area contributed by atoms with Gasteiger partial charge in [0.05, 0.1) is 6.54 Å². The Kier molecular flexibility index (Phi) is 5.59. The highest BCUT2D eigenvalue weighted by atomic mass is 19.1. The molecule has 24 heavy (non-hydrogen) atoms. The highest BCUT2D eigenvalue weighted by molar-refractivity contribution is 5.71. The standard InChI is InChI=1S/C20H22FNO2/c21-18-11-5-4-10-17(18)19-12-6-7-13-22(19)14-20(23)24-15-16-8-2-1-3-9-16/h1-5,8-11,19H,6-7,12-15H2/t19-/m1/s1. The molecule has 1 heterocycles. The van der Waals surface area contributed by atoms with Crippen molar-refractivity contribution in [1.82, 2.24) is 4.90 Å². The van der Waals surface area contributed by atoms with Crippen LogP contribution in [0.3, 0.4) is 0 Å². The number of ether oxygens (including phenoxy) is 1. The van der Waals surface area contributed by atoms with E-state index in [-0.39, 0.29) is 31.0 Å². The Hall–Kier alpha value is -2.20. The summed E-state index contributed by atoms with van der Waals surface area (Å²) in [6.07, 6.45) is 2.94. The van der Waals surface area contributed by atoms with Crippen LogP contribution in [-0.2, 0) is 16.1 Å². The summed E-state index contributed by atoms with van der Waals surface area (Å²) in [7, 11) is 0. The molecule has 3 nitrogen and oxygen atoms in total. The van der Waals surface area contributed by atoms with Crippen LogP contribution in [0.15, 0.2) is 54.6 Å². The first kappa shape index (κ1) is 16.7. The smallest absolute Gasteiger partial charge is 0.320 e. The van der Waals surface area contributed by atoms with E-state index in [1.54, 1.807) is 6.07 Å². The van der Waals surface area contributed by atoms with Crippen molar-refractivity contribution in [2.24, 2.45) is 0 Å². The number of rotatable bonds is 5. The molecule has 1 aliphatic heterocycles. The molecule has 2 aromatic carbocycles. The number of halogens is 1. The number of hydrogen-bond acceptors (Lipinski definition) is 3. The summed E-state index contributed by atoms with van der Waals surface area (Å²) in [5, 5.41) is 0. The van der Waals surface area contributed by atoms with Crippen LogP contribution in [-0.4, -0.2) is 24.0 Å². The van der Waals surface area contributed by atoms with Crippen molar-refractivity contribution in [2.45, 2.75) is 31.9 Å². The van der Waals surface area contributed by atoms with E-state index in [1.165, 1.54) is 6.07 Å². The second-order valence-corrected chi connectivity index (χ2v) is 6.15. The number of carbonyl (C=O) groups excluding carboxylic acids is 1. The van der Waals surface area contributed by atoms with Gasteiger partial charge in [0.2, 0.25) is 0 Å². The van der Waals surface area contributed by atoms with E-state index < -0.39 is 0 Å². The molecule has 1 fully saturated rings. The fourth-order valence-electron chi connectivity index (χ4n) is 3.23. The monoisotopic (exact) mass is 327 g/mol. The number of hydrogen-bond donors (Lipinski definition) is 0. The third kappa shape index (κ3) is 4.20. The molecule has 0 spiro atoms. The fraction of sp³-hybridized carbons (Fsp3) is 0.350.